The minimum Gasteiger partial charge on any atom is -0.332 e. The fourth-order valence-electron chi connectivity index (χ4n) is 2.00. The van der Waals surface area contributed by atoms with Crippen molar-refractivity contribution in [2.24, 2.45) is 5.41 Å². The first kappa shape index (κ1) is 21.2. The molecule has 2 amide bonds. The fraction of sp³-hybridized carbons (Fsp3) is 0.211. The SMILES string of the molecule is CC(C)(C)C(=O)Nc1cccc(NC(=S)NC(=O)c2ccc(Cl)cc2Cl)c1. The summed E-state index contributed by atoms with van der Waals surface area (Å²) in [5, 5.41) is 9.07. The van der Waals surface area contributed by atoms with Crippen LogP contribution in [0.4, 0.5) is 11.4 Å². The first-order chi connectivity index (χ1) is 12.6. The molecule has 0 aromatic heterocycles. The van der Waals surface area contributed by atoms with Crippen molar-refractivity contribution in [1.29, 1.82) is 0 Å². The largest absolute Gasteiger partial charge is 0.332 e. The fourth-order valence-corrected chi connectivity index (χ4v) is 2.70. The van der Waals surface area contributed by atoms with Crippen LogP contribution < -0.4 is 16.0 Å². The Morgan fingerprint density at radius 1 is 0.963 bits per heavy atom. The maximum atomic E-state index is 12.3. The van der Waals surface area contributed by atoms with Gasteiger partial charge >= 0.3 is 0 Å². The molecule has 0 saturated carbocycles. The van der Waals surface area contributed by atoms with Crippen LogP contribution in [0.5, 0.6) is 0 Å². The van der Waals surface area contributed by atoms with Crippen molar-refractivity contribution in [3.8, 4) is 0 Å². The van der Waals surface area contributed by atoms with Crippen LogP contribution in [0.15, 0.2) is 42.5 Å². The Balaban J connectivity index is 2.02. The highest BCUT2D eigenvalue weighted by molar-refractivity contribution is 7.80. The van der Waals surface area contributed by atoms with Gasteiger partial charge in [-0.2, -0.15) is 0 Å². The molecule has 0 bridgehead atoms. The summed E-state index contributed by atoms with van der Waals surface area (Å²) >= 11 is 17.0. The first-order valence-corrected chi connectivity index (χ1v) is 9.21. The van der Waals surface area contributed by atoms with E-state index in [4.69, 9.17) is 35.4 Å². The molecule has 0 aliphatic carbocycles. The lowest BCUT2D eigenvalue weighted by atomic mass is 9.95. The molecular formula is C19H19Cl2N3O2S. The normalized spacial score (nSPS) is 10.9. The van der Waals surface area contributed by atoms with E-state index in [0.717, 1.165) is 0 Å². The molecule has 0 unspecified atom stereocenters. The molecule has 3 N–H and O–H groups in total. The Hall–Kier alpha value is -2.15. The van der Waals surface area contributed by atoms with Crippen LogP contribution in [0.25, 0.3) is 0 Å². The van der Waals surface area contributed by atoms with E-state index in [1.807, 2.05) is 20.8 Å². The van der Waals surface area contributed by atoms with Gasteiger partial charge in [0, 0.05) is 21.8 Å². The molecule has 0 aliphatic rings. The highest BCUT2D eigenvalue weighted by atomic mass is 35.5. The van der Waals surface area contributed by atoms with E-state index in [1.165, 1.54) is 12.1 Å². The zero-order valence-corrected chi connectivity index (χ0v) is 17.4. The maximum Gasteiger partial charge on any atom is 0.258 e. The quantitative estimate of drug-likeness (QED) is 0.600. The van der Waals surface area contributed by atoms with Gasteiger partial charge in [-0.15, -0.1) is 0 Å². The zero-order valence-electron chi connectivity index (χ0n) is 15.0. The molecule has 0 radical (unpaired) electrons. The molecule has 142 valence electrons. The van der Waals surface area contributed by atoms with Crippen LogP contribution in [0.1, 0.15) is 31.1 Å². The Morgan fingerprint density at radius 3 is 2.19 bits per heavy atom. The van der Waals surface area contributed by atoms with Crippen molar-refractivity contribution in [2.45, 2.75) is 20.8 Å². The number of halogens is 2. The lowest BCUT2D eigenvalue weighted by Gasteiger charge is -2.18. The van der Waals surface area contributed by atoms with Gasteiger partial charge in [0.25, 0.3) is 5.91 Å². The maximum absolute atomic E-state index is 12.3. The summed E-state index contributed by atoms with van der Waals surface area (Å²) in [5.74, 6) is -0.556. The van der Waals surface area contributed by atoms with E-state index in [0.29, 0.717) is 16.4 Å². The summed E-state index contributed by atoms with van der Waals surface area (Å²) in [6, 6.07) is 11.6. The van der Waals surface area contributed by atoms with E-state index in [2.05, 4.69) is 16.0 Å². The standard InChI is InChI=1S/C19H19Cl2N3O2S/c1-19(2,3)17(26)22-12-5-4-6-13(10-12)23-18(27)24-16(25)14-8-7-11(20)9-15(14)21/h4-10H,1-3H3,(H,22,26)(H2,23,24,25,27). The average Bonchev–Trinajstić information content (AvgIpc) is 2.53. The molecule has 2 aromatic rings. The molecule has 0 spiro atoms. The third-order valence-corrected chi connectivity index (χ3v) is 4.21. The van der Waals surface area contributed by atoms with Gasteiger partial charge in [0.2, 0.25) is 5.91 Å². The summed E-state index contributed by atoms with van der Waals surface area (Å²) in [5.41, 5.74) is 0.991. The number of thiocarbonyl (C=S) groups is 1. The molecule has 5 nitrogen and oxygen atoms in total. The lowest BCUT2D eigenvalue weighted by molar-refractivity contribution is -0.123. The van der Waals surface area contributed by atoms with Crippen molar-refractivity contribution in [3.05, 3.63) is 58.1 Å². The number of rotatable bonds is 3. The summed E-state index contributed by atoms with van der Waals surface area (Å²) < 4.78 is 0. The number of carbonyl (C=O) groups is 2. The van der Waals surface area contributed by atoms with E-state index < -0.39 is 11.3 Å². The second kappa shape index (κ2) is 8.69. The Kier molecular flexibility index (Phi) is 6.81. The summed E-state index contributed by atoms with van der Waals surface area (Å²) in [6.07, 6.45) is 0. The van der Waals surface area contributed by atoms with Crippen LogP contribution in [-0.2, 0) is 4.79 Å². The van der Waals surface area contributed by atoms with Crippen molar-refractivity contribution in [3.63, 3.8) is 0 Å². The van der Waals surface area contributed by atoms with Crippen LogP contribution in [0.3, 0.4) is 0 Å². The number of hydrogen-bond acceptors (Lipinski definition) is 3. The van der Waals surface area contributed by atoms with E-state index in [-0.39, 0.29) is 21.6 Å². The number of benzene rings is 2. The predicted molar refractivity (Wildman–Crippen MR) is 115 cm³/mol. The number of carbonyl (C=O) groups excluding carboxylic acids is 2. The topological polar surface area (TPSA) is 70.2 Å². The second-order valence-corrected chi connectivity index (χ2v) is 8.07. The third kappa shape index (κ3) is 6.20. The van der Waals surface area contributed by atoms with Gasteiger partial charge in [0.15, 0.2) is 5.11 Å². The van der Waals surface area contributed by atoms with Crippen LogP contribution >= 0.6 is 35.4 Å². The summed E-state index contributed by atoms with van der Waals surface area (Å²) in [4.78, 5) is 24.4. The minimum absolute atomic E-state index is 0.102. The molecule has 0 fully saturated rings. The smallest absolute Gasteiger partial charge is 0.258 e. The van der Waals surface area contributed by atoms with E-state index in [9.17, 15) is 9.59 Å². The van der Waals surface area contributed by atoms with Gasteiger partial charge in [-0.25, -0.2) is 0 Å². The number of nitrogens with one attached hydrogen (secondary N) is 3. The van der Waals surface area contributed by atoms with Crippen LogP contribution in [0.2, 0.25) is 10.0 Å². The van der Waals surface area contributed by atoms with Crippen LogP contribution in [0, 0.1) is 5.41 Å². The van der Waals surface area contributed by atoms with Crippen molar-refractivity contribution < 1.29 is 9.59 Å². The highest BCUT2D eigenvalue weighted by Gasteiger charge is 2.21. The molecule has 0 aliphatic heterocycles. The second-order valence-electron chi connectivity index (χ2n) is 6.82. The Bertz CT molecular complexity index is 895. The highest BCUT2D eigenvalue weighted by Crippen LogP contribution is 2.22. The third-order valence-electron chi connectivity index (χ3n) is 3.46. The Morgan fingerprint density at radius 2 is 1.59 bits per heavy atom. The molecule has 0 atom stereocenters. The van der Waals surface area contributed by atoms with Gasteiger partial charge in [-0.1, -0.05) is 50.0 Å². The van der Waals surface area contributed by atoms with E-state index in [1.54, 1.807) is 30.3 Å². The van der Waals surface area contributed by atoms with Gasteiger partial charge in [0.05, 0.1) is 10.6 Å². The van der Waals surface area contributed by atoms with Crippen molar-refractivity contribution in [2.75, 3.05) is 10.6 Å². The number of hydrogen-bond donors (Lipinski definition) is 3. The average molecular weight is 424 g/mol. The van der Waals surface area contributed by atoms with Crippen LogP contribution in [-0.4, -0.2) is 16.9 Å². The van der Waals surface area contributed by atoms with Crippen molar-refractivity contribution in [1.82, 2.24) is 5.32 Å². The monoisotopic (exact) mass is 423 g/mol. The molecule has 2 rings (SSSR count). The summed E-state index contributed by atoms with van der Waals surface area (Å²) in [6.45, 7) is 5.49. The zero-order chi connectivity index (χ0) is 20.2. The summed E-state index contributed by atoms with van der Waals surface area (Å²) in [7, 11) is 0. The Labute approximate surface area is 173 Å². The van der Waals surface area contributed by atoms with Gasteiger partial charge in [0.1, 0.15) is 0 Å². The predicted octanol–water partition coefficient (Wildman–Crippen LogP) is 5.10. The number of anilines is 2. The lowest BCUT2D eigenvalue weighted by Crippen LogP contribution is -2.34. The van der Waals surface area contributed by atoms with Gasteiger partial charge < -0.3 is 10.6 Å². The van der Waals surface area contributed by atoms with Crippen molar-refractivity contribution >= 4 is 63.7 Å². The molecule has 0 heterocycles. The molecule has 2 aromatic carbocycles. The number of amides is 2. The first-order valence-electron chi connectivity index (χ1n) is 8.05. The molecule has 27 heavy (non-hydrogen) atoms. The van der Waals surface area contributed by atoms with Gasteiger partial charge in [-0.05, 0) is 48.6 Å². The molecular weight excluding hydrogens is 405 g/mol. The molecule has 8 heteroatoms. The minimum atomic E-state index is -0.509. The molecule has 0 saturated heterocycles. The van der Waals surface area contributed by atoms with Gasteiger partial charge in [-0.3, -0.25) is 14.9 Å². The van der Waals surface area contributed by atoms with E-state index >= 15 is 0 Å².